The maximum absolute atomic E-state index is 13.0. The maximum Gasteiger partial charge on any atom is 0.338 e. The van der Waals surface area contributed by atoms with Gasteiger partial charge in [-0.2, -0.15) is 0 Å². The molecule has 0 aromatic heterocycles. The molecule has 2 saturated heterocycles. The normalized spacial score (nSPS) is 18.3. The molecule has 4 rings (SSSR count). The molecule has 0 unspecified atom stereocenters. The van der Waals surface area contributed by atoms with Gasteiger partial charge in [-0.1, -0.05) is 29.8 Å². The maximum atomic E-state index is 13.0. The van der Waals surface area contributed by atoms with E-state index in [4.69, 9.17) is 16.3 Å². The fraction of sp³-hybridized carbons (Fsp3) is 0.300. The third kappa shape index (κ3) is 3.39. The van der Waals surface area contributed by atoms with E-state index in [-0.39, 0.29) is 11.9 Å². The predicted molar refractivity (Wildman–Crippen MR) is 106 cm³/mol. The van der Waals surface area contributed by atoms with Gasteiger partial charge in [0.05, 0.1) is 18.4 Å². The van der Waals surface area contributed by atoms with Crippen molar-refractivity contribution in [3.63, 3.8) is 0 Å². The number of ether oxygens (including phenoxy) is 1. The number of para-hydroxylation sites is 1. The molecule has 0 radical (unpaired) electrons. The third-order valence-electron chi connectivity index (χ3n) is 5.19. The highest BCUT2D eigenvalue weighted by Crippen LogP contribution is 2.30. The van der Waals surface area contributed by atoms with Crippen LogP contribution in [0, 0.1) is 0 Å². The minimum absolute atomic E-state index is 0.126. The number of carbonyl (C=O) groups excluding carboxylic acids is 2. The van der Waals surface area contributed by atoms with Gasteiger partial charge in [0, 0.05) is 31.0 Å². The number of anilines is 1. The summed E-state index contributed by atoms with van der Waals surface area (Å²) in [4.78, 5) is 27.2. The lowest BCUT2D eigenvalue weighted by Crippen LogP contribution is -2.58. The van der Waals surface area contributed by atoms with E-state index in [9.17, 15) is 9.59 Å². The van der Waals surface area contributed by atoms with Crippen molar-refractivity contribution >= 4 is 29.2 Å². The number of halogens is 1. The molecular formula is C20H21ClN4O3. The molecule has 2 aliphatic heterocycles. The first-order valence-electron chi connectivity index (χ1n) is 9.09. The first kappa shape index (κ1) is 18.6. The van der Waals surface area contributed by atoms with Crippen LogP contribution in [-0.2, 0) is 0 Å². The van der Waals surface area contributed by atoms with E-state index >= 15 is 0 Å². The van der Waals surface area contributed by atoms with Crippen LogP contribution in [0.25, 0.3) is 0 Å². The van der Waals surface area contributed by atoms with Crippen LogP contribution in [0.1, 0.15) is 23.2 Å². The summed E-state index contributed by atoms with van der Waals surface area (Å²) in [6.45, 7) is 1.01. The van der Waals surface area contributed by atoms with Gasteiger partial charge in [-0.3, -0.25) is 4.79 Å². The summed E-state index contributed by atoms with van der Waals surface area (Å²) in [5.41, 5.74) is 3.96. The molecule has 2 heterocycles. The second-order valence-electron chi connectivity index (χ2n) is 6.93. The molecule has 1 spiro atoms. The largest absolute Gasteiger partial charge is 0.496 e. The van der Waals surface area contributed by atoms with Crippen molar-refractivity contribution in [3.05, 3.63) is 59.1 Å². The zero-order valence-corrected chi connectivity index (χ0v) is 16.2. The van der Waals surface area contributed by atoms with Gasteiger partial charge in [0.25, 0.3) is 5.91 Å². The molecule has 0 atom stereocenters. The fourth-order valence-electron chi connectivity index (χ4n) is 3.66. The summed E-state index contributed by atoms with van der Waals surface area (Å²) in [6, 6.07) is 14.2. The van der Waals surface area contributed by atoms with Crippen LogP contribution in [0.15, 0.2) is 48.5 Å². The number of amides is 3. The molecule has 2 fully saturated rings. The standard InChI is InChI=1S/C20H21ClN4O3/c1-28-17-8-7-14(21)13-16(17)18(26)24-11-9-20(10-12-24)22-19(27)25(23-20)15-5-3-2-4-6-15/h2-8,13,23H,9-12H2,1H3,(H,22,27). The van der Waals surface area contributed by atoms with Gasteiger partial charge in [-0.25, -0.2) is 15.2 Å². The van der Waals surface area contributed by atoms with Crippen molar-refractivity contribution in [1.29, 1.82) is 0 Å². The first-order valence-corrected chi connectivity index (χ1v) is 9.47. The number of rotatable bonds is 3. The number of piperidine rings is 1. The number of hydrogen-bond donors (Lipinski definition) is 2. The summed E-state index contributed by atoms with van der Waals surface area (Å²) < 4.78 is 5.30. The second-order valence-corrected chi connectivity index (χ2v) is 7.37. The van der Waals surface area contributed by atoms with E-state index < -0.39 is 5.66 Å². The van der Waals surface area contributed by atoms with Crippen LogP contribution >= 0.6 is 11.6 Å². The lowest BCUT2D eigenvalue weighted by atomic mass is 9.97. The van der Waals surface area contributed by atoms with Gasteiger partial charge in [-0.05, 0) is 30.3 Å². The number of urea groups is 1. The SMILES string of the molecule is COc1ccc(Cl)cc1C(=O)N1CCC2(CC1)NC(=O)N(c1ccccc1)N2. The lowest BCUT2D eigenvalue weighted by molar-refractivity contribution is 0.0637. The van der Waals surface area contributed by atoms with Crippen molar-refractivity contribution in [2.75, 3.05) is 25.2 Å². The van der Waals surface area contributed by atoms with Crippen molar-refractivity contribution in [2.45, 2.75) is 18.5 Å². The molecule has 3 amide bonds. The van der Waals surface area contributed by atoms with E-state index in [2.05, 4.69) is 10.7 Å². The third-order valence-corrected chi connectivity index (χ3v) is 5.42. The van der Waals surface area contributed by atoms with Crippen LogP contribution in [0.3, 0.4) is 0 Å². The van der Waals surface area contributed by atoms with E-state index in [1.165, 1.54) is 12.1 Å². The summed E-state index contributed by atoms with van der Waals surface area (Å²) in [7, 11) is 1.53. The summed E-state index contributed by atoms with van der Waals surface area (Å²) in [6.07, 6.45) is 1.19. The molecule has 0 saturated carbocycles. The smallest absolute Gasteiger partial charge is 0.338 e. The fourth-order valence-corrected chi connectivity index (χ4v) is 3.83. The van der Waals surface area contributed by atoms with Gasteiger partial charge in [0.1, 0.15) is 11.4 Å². The van der Waals surface area contributed by atoms with E-state index in [1.54, 1.807) is 23.1 Å². The highest BCUT2D eigenvalue weighted by Gasteiger charge is 2.45. The highest BCUT2D eigenvalue weighted by atomic mass is 35.5. The molecular weight excluding hydrogens is 380 g/mol. The summed E-state index contributed by atoms with van der Waals surface area (Å²) in [5, 5.41) is 5.05. The number of methoxy groups -OCH3 is 1. The number of nitrogens with zero attached hydrogens (tertiary/aromatic N) is 2. The molecule has 28 heavy (non-hydrogen) atoms. The summed E-state index contributed by atoms with van der Waals surface area (Å²) in [5.74, 6) is 0.371. The highest BCUT2D eigenvalue weighted by molar-refractivity contribution is 6.31. The predicted octanol–water partition coefficient (Wildman–Crippen LogP) is 3.02. The van der Waals surface area contributed by atoms with E-state index in [0.29, 0.717) is 42.3 Å². The van der Waals surface area contributed by atoms with Crippen molar-refractivity contribution in [2.24, 2.45) is 0 Å². The average molecular weight is 401 g/mol. The van der Waals surface area contributed by atoms with Gasteiger partial charge >= 0.3 is 6.03 Å². The Balaban J connectivity index is 1.46. The van der Waals surface area contributed by atoms with Gasteiger partial charge in [0.2, 0.25) is 0 Å². The Hall–Kier alpha value is -2.77. The minimum atomic E-state index is -0.553. The topological polar surface area (TPSA) is 73.9 Å². The van der Waals surface area contributed by atoms with Crippen LogP contribution < -0.4 is 20.5 Å². The van der Waals surface area contributed by atoms with E-state index in [1.807, 2.05) is 30.3 Å². The van der Waals surface area contributed by atoms with Gasteiger partial charge in [0.15, 0.2) is 0 Å². The number of benzene rings is 2. The molecule has 146 valence electrons. The molecule has 2 aliphatic rings. The Bertz CT molecular complexity index is 898. The van der Waals surface area contributed by atoms with E-state index in [0.717, 1.165) is 5.69 Å². The molecule has 2 N–H and O–H groups in total. The molecule has 0 bridgehead atoms. The number of hydrogen-bond acceptors (Lipinski definition) is 4. The molecule has 2 aromatic carbocycles. The Kier molecular flexibility index (Phi) is 4.87. The number of carbonyl (C=O) groups is 2. The van der Waals surface area contributed by atoms with Gasteiger partial charge in [-0.15, -0.1) is 0 Å². The Labute approximate surface area is 168 Å². The first-order chi connectivity index (χ1) is 13.5. The number of nitrogens with one attached hydrogen (secondary N) is 2. The van der Waals surface area contributed by atoms with Crippen molar-refractivity contribution < 1.29 is 14.3 Å². The summed E-state index contributed by atoms with van der Waals surface area (Å²) >= 11 is 6.06. The van der Waals surface area contributed by atoms with Crippen molar-refractivity contribution in [3.8, 4) is 5.75 Å². The Morgan fingerprint density at radius 2 is 1.86 bits per heavy atom. The molecule has 2 aromatic rings. The lowest BCUT2D eigenvalue weighted by Gasteiger charge is -2.39. The van der Waals surface area contributed by atoms with Crippen molar-refractivity contribution in [1.82, 2.24) is 15.6 Å². The Morgan fingerprint density at radius 3 is 2.54 bits per heavy atom. The second kappa shape index (κ2) is 7.33. The number of likely N-dealkylation sites (tertiary alicyclic amines) is 1. The molecule has 8 heteroatoms. The quantitative estimate of drug-likeness (QED) is 0.830. The van der Waals surface area contributed by atoms with Crippen LogP contribution in [0.4, 0.5) is 10.5 Å². The minimum Gasteiger partial charge on any atom is -0.496 e. The van der Waals surface area contributed by atoms with Gasteiger partial charge < -0.3 is 15.0 Å². The zero-order chi connectivity index (χ0) is 19.7. The number of hydrazine groups is 1. The van der Waals surface area contributed by atoms with Crippen LogP contribution in [0.2, 0.25) is 5.02 Å². The average Bonchev–Trinajstić information content (AvgIpc) is 3.04. The monoisotopic (exact) mass is 400 g/mol. The zero-order valence-electron chi connectivity index (χ0n) is 15.4. The molecule has 0 aliphatic carbocycles. The van der Waals surface area contributed by atoms with Crippen LogP contribution in [0.5, 0.6) is 5.75 Å². The molecule has 7 nitrogen and oxygen atoms in total. The van der Waals surface area contributed by atoms with Crippen LogP contribution in [-0.4, -0.2) is 42.7 Å². The Morgan fingerprint density at radius 1 is 1.14 bits per heavy atom.